The van der Waals surface area contributed by atoms with Crippen molar-refractivity contribution in [2.45, 2.75) is 15.0 Å². The predicted octanol–water partition coefficient (Wildman–Crippen LogP) is 2.02. The van der Waals surface area contributed by atoms with Crippen LogP contribution in [0.4, 0.5) is 4.79 Å². The van der Waals surface area contributed by atoms with Crippen LogP contribution < -0.4 is 0 Å². The molecular formula is C7H5BrCl3NO4. The van der Waals surface area contributed by atoms with Crippen LogP contribution in [-0.2, 0) is 14.3 Å². The number of likely N-dealkylation sites (tertiary alicyclic amines) is 1. The van der Waals surface area contributed by atoms with E-state index in [9.17, 15) is 14.4 Å². The normalized spacial score (nSPS) is 21.5. The largest absolute Gasteiger partial charge is 0.444 e. The standard InChI is InChI=1S/C7H5BrCl3NO4/c8-3-1-4(13)12(5(3)14)6(15)16-2-7(9,10)11/h3H,1-2H2. The van der Waals surface area contributed by atoms with Gasteiger partial charge in [-0.15, -0.1) is 0 Å². The molecule has 1 aliphatic rings. The highest BCUT2D eigenvalue weighted by molar-refractivity contribution is 9.10. The van der Waals surface area contributed by atoms with Crippen LogP contribution >= 0.6 is 50.7 Å². The zero-order valence-corrected chi connectivity index (χ0v) is 11.4. The summed E-state index contributed by atoms with van der Waals surface area (Å²) in [5.74, 6) is -1.33. The summed E-state index contributed by atoms with van der Waals surface area (Å²) in [6, 6.07) is 0. The molecule has 1 atom stereocenters. The third-order valence-electron chi connectivity index (χ3n) is 1.63. The van der Waals surface area contributed by atoms with E-state index in [0.29, 0.717) is 4.90 Å². The Balaban J connectivity index is 2.61. The molecule has 0 bridgehead atoms. The number of alkyl halides is 4. The van der Waals surface area contributed by atoms with E-state index < -0.39 is 33.1 Å². The summed E-state index contributed by atoms with van der Waals surface area (Å²) in [5.41, 5.74) is 0. The first-order valence-corrected chi connectivity index (χ1v) is 6.01. The fourth-order valence-corrected chi connectivity index (χ4v) is 1.64. The maximum absolute atomic E-state index is 11.3. The van der Waals surface area contributed by atoms with Crippen LogP contribution in [-0.4, -0.2) is 38.0 Å². The van der Waals surface area contributed by atoms with E-state index in [2.05, 4.69) is 20.7 Å². The van der Waals surface area contributed by atoms with Crippen molar-refractivity contribution in [3.63, 3.8) is 0 Å². The number of nitrogens with zero attached hydrogens (tertiary/aromatic N) is 1. The number of halogens is 4. The van der Waals surface area contributed by atoms with Gasteiger partial charge in [0.1, 0.15) is 11.4 Å². The molecule has 1 unspecified atom stereocenters. The van der Waals surface area contributed by atoms with Crippen molar-refractivity contribution in [1.82, 2.24) is 4.90 Å². The summed E-state index contributed by atoms with van der Waals surface area (Å²) in [5, 5.41) is 0. The van der Waals surface area contributed by atoms with E-state index in [1.165, 1.54) is 0 Å². The zero-order chi connectivity index (χ0) is 12.5. The summed E-state index contributed by atoms with van der Waals surface area (Å²) in [6.45, 7) is -0.541. The highest BCUT2D eigenvalue weighted by Crippen LogP contribution is 2.27. The average Bonchev–Trinajstić information content (AvgIpc) is 2.36. The van der Waals surface area contributed by atoms with Crippen LogP contribution in [0.5, 0.6) is 0 Å². The Labute approximate surface area is 114 Å². The lowest BCUT2D eigenvalue weighted by molar-refractivity contribution is -0.135. The molecule has 0 aliphatic carbocycles. The lowest BCUT2D eigenvalue weighted by Crippen LogP contribution is -2.38. The summed E-state index contributed by atoms with van der Waals surface area (Å²) in [7, 11) is 0. The van der Waals surface area contributed by atoms with Crippen molar-refractivity contribution < 1.29 is 19.1 Å². The molecular weight excluding hydrogens is 348 g/mol. The molecule has 9 heteroatoms. The van der Waals surface area contributed by atoms with Gasteiger partial charge in [-0.2, -0.15) is 4.90 Å². The average molecular weight is 353 g/mol. The van der Waals surface area contributed by atoms with Gasteiger partial charge in [-0.25, -0.2) is 4.79 Å². The van der Waals surface area contributed by atoms with Gasteiger partial charge in [-0.05, 0) is 0 Å². The van der Waals surface area contributed by atoms with Gasteiger partial charge in [0.05, 0.1) is 0 Å². The first-order chi connectivity index (χ1) is 7.22. The Hall–Kier alpha value is -0.0400. The van der Waals surface area contributed by atoms with Gasteiger partial charge in [0.25, 0.3) is 5.91 Å². The Morgan fingerprint density at radius 3 is 2.44 bits per heavy atom. The van der Waals surface area contributed by atoms with Crippen LogP contribution in [0.1, 0.15) is 6.42 Å². The highest BCUT2D eigenvalue weighted by Gasteiger charge is 2.42. The molecule has 1 saturated heterocycles. The number of hydrogen-bond acceptors (Lipinski definition) is 4. The molecule has 90 valence electrons. The van der Waals surface area contributed by atoms with E-state index in [0.717, 1.165) is 0 Å². The predicted molar refractivity (Wildman–Crippen MR) is 60.8 cm³/mol. The monoisotopic (exact) mass is 351 g/mol. The third-order valence-corrected chi connectivity index (χ3v) is 2.68. The topological polar surface area (TPSA) is 63.7 Å². The van der Waals surface area contributed by atoms with Crippen molar-refractivity contribution >= 4 is 68.6 Å². The molecule has 0 aromatic carbocycles. The Morgan fingerprint density at radius 2 is 2.06 bits per heavy atom. The summed E-state index contributed by atoms with van der Waals surface area (Å²) < 4.78 is 2.73. The number of ether oxygens (including phenoxy) is 1. The molecule has 1 fully saturated rings. The summed E-state index contributed by atoms with van der Waals surface area (Å²) >= 11 is 19.0. The Kier molecular flexibility index (Phi) is 4.45. The summed E-state index contributed by atoms with van der Waals surface area (Å²) in [6.07, 6.45) is -1.23. The van der Waals surface area contributed by atoms with E-state index in [-0.39, 0.29) is 6.42 Å². The molecule has 16 heavy (non-hydrogen) atoms. The number of hydrogen-bond donors (Lipinski definition) is 0. The molecule has 1 rings (SSSR count). The van der Waals surface area contributed by atoms with Crippen molar-refractivity contribution in [1.29, 1.82) is 0 Å². The minimum Gasteiger partial charge on any atom is -0.444 e. The number of carbonyl (C=O) groups excluding carboxylic acids is 3. The van der Waals surface area contributed by atoms with Crippen LogP contribution in [0.2, 0.25) is 0 Å². The minimum absolute atomic E-state index is 0.0955. The van der Waals surface area contributed by atoms with Crippen LogP contribution in [0.25, 0.3) is 0 Å². The van der Waals surface area contributed by atoms with E-state index in [1.807, 2.05) is 0 Å². The Bertz CT molecular complexity index is 343. The van der Waals surface area contributed by atoms with Gasteiger partial charge >= 0.3 is 6.09 Å². The molecule has 0 spiro atoms. The molecule has 0 saturated carbocycles. The maximum atomic E-state index is 11.3. The number of carbonyl (C=O) groups is 3. The third kappa shape index (κ3) is 3.48. The summed E-state index contributed by atoms with van der Waals surface area (Å²) in [4.78, 5) is 33.6. The van der Waals surface area contributed by atoms with Gasteiger partial charge in [0.15, 0.2) is 0 Å². The molecule has 0 N–H and O–H groups in total. The van der Waals surface area contributed by atoms with Crippen molar-refractivity contribution in [2.24, 2.45) is 0 Å². The SMILES string of the molecule is O=C1CC(Br)C(=O)N1C(=O)OCC(Cl)(Cl)Cl. The van der Waals surface area contributed by atoms with E-state index in [1.54, 1.807) is 0 Å². The van der Waals surface area contributed by atoms with Gasteiger partial charge in [0.2, 0.25) is 9.70 Å². The number of amides is 3. The smallest absolute Gasteiger partial charge is 0.423 e. The molecule has 1 heterocycles. The highest BCUT2D eigenvalue weighted by atomic mass is 79.9. The number of imide groups is 3. The van der Waals surface area contributed by atoms with Crippen molar-refractivity contribution in [3.8, 4) is 0 Å². The second-order valence-electron chi connectivity index (χ2n) is 2.91. The van der Waals surface area contributed by atoms with Crippen LogP contribution in [0, 0.1) is 0 Å². The number of rotatable bonds is 1. The van der Waals surface area contributed by atoms with Gasteiger partial charge in [0, 0.05) is 6.42 Å². The fourth-order valence-electron chi connectivity index (χ4n) is 0.995. The molecule has 1 aliphatic heterocycles. The van der Waals surface area contributed by atoms with Gasteiger partial charge in [-0.3, -0.25) is 9.59 Å². The minimum atomic E-state index is -1.78. The van der Waals surface area contributed by atoms with Crippen molar-refractivity contribution in [3.05, 3.63) is 0 Å². The zero-order valence-electron chi connectivity index (χ0n) is 7.58. The quantitative estimate of drug-likeness (QED) is 0.534. The van der Waals surface area contributed by atoms with Gasteiger partial charge < -0.3 is 4.74 Å². The van der Waals surface area contributed by atoms with Crippen molar-refractivity contribution in [2.75, 3.05) is 6.61 Å². The first kappa shape index (κ1) is 14.0. The van der Waals surface area contributed by atoms with Gasteiger partial charge in [-0.1, -0.05) is 50.7 Å². The molecule has 0 radical (unpaired) electrons. The molecule has 5 nitrogen and oxygen atoms in total. The van der Waals surface area contributed by atoms with E-state index >= 15 is 0 Å². The second kappa shape index (κ2) is 5.08. The molecule has 0 aromatic heterocycles. The molecule has 0 aromatic rings. The fraction of sp³-hybridized carbons (Fsp3) is 0.571. The second-order valence-corrected chi connectivity index (χ2v) is 6.53. The first-order valence-electron chi connectivity index (χ1n) is 3.97. The van der Waals surface area contributed by atoms with Crippen LogP contribution in [0.15, 0.2) is 0 Å². The maximum Gasteiger partial charge on any atom is 0.423 e. The van der Waals surface area contributed by atoms with Crippen LogP contribution in [0.3, 0.4) is 0 Å². The molecule has 3 amide bonds. The lowest BCUT2D eigenvalue weighted by atomic mass is 10.4. The Morgan fingerprint density at radius 1 is 1.50 bits per heavy atom. The lowest BCUT2D eigenvalue weighted by Gasteiger charge is -2.15. The van der Waals surface area contributed by atoms with E-state index in [4.69, 9.17) is 34.8 Å².